The van der Waals surface area contributed by atoms with Crippen molar-refractivity contribution >= 4 is 16.9 Å². The predicted molar refractivity (Wildman–Crippen MR) is 79.0 cm³/mol. The second-order valence-corrected chi connectivity index (χ2v) is 6.40. The Balaban J connectivity index is 1.60. The standard InChI is InChI=1S/C15H20N2S/c1-2-15(8-9-15)11-16-14-17-13(10-18-14)12-6-4-3-5-7-12/h3-7,13H,2,8-11H2,1H3,(H,16,17). The highest BCUT2D eigenvalue weighted by atomic mass is 32.2. The van der Waals surface area contributed by atoms with Gasteiger partial charge < -0.3 is 5.32 Å². The van der Waals surface area contributed by atoms with E-state index >= 15 is 0 Å². The summed E-state index contributed by atoms with van der Waals surface area (Å²) in [5.41, 5.74) is 1.92. The minimum Gasteiger partial charge on any atom is -0.357 e. The minimum absolute atomic E-state index is 0.437. The quantitative estimate of drug-likeness (QED) is 0.894. The van der Waals surface area contributed by atoms with Gasteiger partial charge in [-0.1, -0.05) is 49.0 Å². The van der Waals surface area contributed by atoms with Crippen LogP contribution in [0.2, 0.25) is 0 Å². The smallest absolute Gasteiger partial charge is 0.157 e. The van der Waals surface area contributed by atoms with Gasteiger partial charge in [0.25, 0.3) is 0 Å². The van der Waals surface area contributed by atoms with E-state index < -0.39 is 0 Å². The molecule has 1 aromatic rings. The van der Waals surface area contributed by atoms with Crippen LogP contribution in [0.1, 0.15) is 37.8 Å². The third kappa shape index (κ3) is 2.56. The van der Waals surface area contributed by atoms with Crippen molar-refractivity contribution in [1.29, 1.82) is 0 Å². The Labute approximate surface area is 113 Å². The molecule has 18 heavy (non-hydrogen) atoms. The molecular formula is C15H20N2S. The number of amidine groups is 1. The fraction of sp³-hybridized carbons (Fsp3) is 0.533. The molecule has 3 heteroatoms. The molecule has 0 radical (unpaired) electrons. The molecule has 1 aromatic carbocycles. The lowest BCUT2D eigenvalue weighted by atomic mass is 10.1. The van der Waals surface area contributed by atoms with E-state index in [-0.39, 0.29) is 0 Å². The SMILES string of the molecule is CCC1(CN=C2NC(c3ccccc3)CS2)CC1. The molecule has 1 unspecified atom stereocenters. The van der Waals surface area contributed by atoms with Gasteiger partial charge in [-0.25, -0.2) is 0 Å². The predicted octanol–water partition coefficient (Wildman–Crippen LogP) is 3.61. The number of nitrogens with zero attached hydrogens (tertiary/aromatic N) is 1. The first kappa shape index (κ1) is 12.1. The maximum absolute atomic E-state index is 4.77. The molecule has 96 valence electrons. The van der Waals surface area contributed by atoms with Gasteiger partial charge in [0, 0.05) is 12.3 Å². The van der Waals surface area contributed by atoms with Crippen molar-refractivity contribution in [2.75, 3.05) is 12.3 Å². The molecule has 1 aliphatic carbocycles. The zero-order chi connectivity index (χ0) is 12.4. The van der Waals surface area contributed by atoms with Crippen molar-refractivity contribution in [3.8, 4) is 0 Å². The minimum atomic E-state index is 0.437. The zero-order valence-electron chi connectivity index (χ0n) is 10.9. The van der Waals surface area contributed by atoms with Crippen molar-refractivity contribution < 1.29 is 0 Å². The van der Waals surface area contributed by atoms with Crippen LogP contribution >= 0.6 is 11.8 Å². The van der Waals surface area contributed by atoms with Gasteiger partial charge in [0.05, 0.1) is 6.04 Å². The van der Waals surface area contributed by atoms with Crippen molar-refractivity contribution in [1.82, 2.24) is 5.32 Å². The van der Waals surface area contributed by atoms with Gasteiger partial charge in [0.2, 0.25) is 0 Å². The molecule has 3 rings (SSSR count). The first-order valence-corrected chi connectivity index (χ1v) is 7.79. The molecule has 0 bridgehead atoms. The van der Waals surface area contributed by atoms with Gasteiger partial charge >= 0.3 is 0 Å². The van der Waals surface area contributed by atoms with E-state index in [1.54, 1.807) is 0 Å². The van der Waals surface area contributed by atoms with Gasteiger partial charge in [-0.3, -0.25) is 4.99 Å². The Bertz CT molecular complexity index is 437. The average molecular weight is 260 g/mol. The Morgan fingerprint density at radius 2 is 2.11 bits per heavy atom. The van der Waals surface area contributed by atoms with Crippen molar-refractivity contribution in [3.05, 3.63) is 35.9 Å². The summed E-state index contributed by atoms with van der Waals surface area (Å²) in [7, 11) is 0. The number of hydrogen-bond acceptors (Lipinski definition) is 2. The lowest BCUT2D eigenvalue weighted by Crippen LogP contribution is -2.20. The van der Waals surface area contributed by atoms with Gasteiger partial charge in [0.15, 0.2) is 5.17 Å². The van der Waals surface area contributed by atoms with E-state index in [1.807, 2.05) is 11.8 Å². The molecule has 1 saturated heterocycles. The largest absolute Gasteiger partial charge is 0.357 e. The fourth-order valence-corrected chi connectivity index (χ4v) is 3.37. The number of benzene rings is 1. The van der Waals surface area contributed by atoms with Crippen LogP contribution in [0.3, 0.4) is 0 Å². The molecule has 1 heterocycles. The number of nitrogens with one attached hydrogen (secondary N) is 1. The molecule has 0 amide bonds. The van der Waals surface area contributed by atoms with Crippen LogP contribution in [-0.2, 0) is 0 Å². The summed E-state index contributed by atoms with van der Waals surface area (Å²) in [6, 6.07) is 11.1. The Morgan fingerprint density at radius 1 is 1.33 bits per heavy atom. The van der Waals surface area contributed by atoms with Gasteiger partial charge in [0.1, 0.15) is 0 Å². The van der Waals surface area contributed by atoms with E-state index in [0.717, 1.165) is 17.5 Å². The van der Waals surface area contributed by atoms with Gasteiger partial charge in [-0.15, -0.1) is 0 Å². The summed E-state index contributed by atoms with van der Waals surface area (Å²) in [4.78, 5) is 4.77. The Kier molecular flexibility index (Phi) is 3.33. The third-order valence-electron chi connectivity index (χ3n) is 4.15. The van der Waals surface area contributed by atoms with E-state index in [9.17, 15) is 0 Å². The fourth-order valence-electron chi connectivity index (χ4n) is 2.39. The topological polar surface area (TPSA) is 24.4 Å². The van der Waals surface area contributed by atoms with Gasteiger partial charge in [-0.05, 0) is 30.2 Å². The highest BCUT2D eigenvalue weighted by molar-refractivity contribution is 8.14. The van der Waals surface area contributed by atoms with E-state index in [1.165, 1.54) is 24.8 Å². The first-order valence-electron chi connectivity index (χ1n) is 6.80. The Morgan fingerprint density at radius 3 is 2.78 bits per heavy atom. The summed E-state index contributed by atoms with van der Waals surface area (Å²) in [5.74, 6) is 1.10. The van der Waals surface area contributed by atoms with Crippen LogP contribution in [0.15, 0.2) is 35.3 Å². The van der Waals surface area contributed by atoms with Crippen LogP contribution < -0.4 is 5.32 Å². The van der Waals surface area contributed by atoms with Crippen molar-refractivity contribution in [3.63, 3.8) is 0 Å². The number of rotatable bonds is 4. The lowest BCUT2D eigenvalue weighted by Gasteiger charge is -2.11. The van der Waals surface area contributed by atoms with Crippen LogP contribution in [-0.4, -0.2) is 17.5 Å². The molecule has 2 nitrogen and oxygen atoms in total. The summed E-state index contributed by atoms with van der Waals surface area (Å²) in [6.07, 6.45) is 4.01. The normalized spacial score (nSPS) is 27.2. The number of hydrogen-bond donors (Lipinski definition) is 1. The summed E-state index contributed by atoms with van der Waals surface area (Å²) < 4.78 is 0. The molecule has 0 aromatic heterocycles. The molecule has 1 aliphatic heterocycles. The first-order chi connectivity index (χ1) is 8.81. The molecule has 1 N–H and O–H groups in total. The highest BCUT2D eigenvalue weighted by Crippen LogP contribution is 2.48. The average Bonchev–Trinajstić information content (AvgIpc) is 3.07. The highest BCUT2D eigenvalue weighted by Gasteiger charge is 2.40. The van der Waals surface area contributed by atoms with Crippen LogP contribution in [0, 0.1) is 5.41 Å². The monoisotopic (exact) mass is 260 g/mol. The summed E-state index contributed by atoms with van der Waals surface area (Å²) >= 11 is 1.86. The number of aliphatic imine (C=N–C) groups is 1. The molecule has 2 fully saturated rings. The second-order valence-electron chi connectivity index (χ2n) is 5.39. The van der Waals surface area contributed by atoms with E-state index in [4.69, 9.17) is 4.99 Å². The van der Waals surface area contributed by atoms with Crippen LogP contribution in [0.25, 0.3) is 0 Å². The van der Waals surface area contributed by atoms with Crippen molar-refractivity contribution in [2.24, 2.45) is 10.4 Å². The molecule has 1 atom stereocenters. The number of thioether (sulfide) groups is 1. The summed E-state index contributed by atoms with van der Waals surface area (Å²) in [5, 5.41) is 4.69. The zero-order valence-corrected chi connectivity index (χ0v) is 11.7. The van der Waals surface area contributed by atoms with Crippen molar-refractivity contribution in [2.45, 2.75) is 32.2 Å². The van der Waals surface area contributed by atoms with E-state index in [2.05, 4.69) is 42.6 Å². The Hall–Kier alpha value is -0.960. The van der Waals surface area contributed by atoms with E-state index in [0.29, 0.717) is 11.5 Å². The lowest BCUT2D eigenvalue weighted by molar-refractivity contribution is 0.506. The maximum atomic E-state index is 4.77. The molecule has 1 saturated carbocycles. The maximum Gasteiger partial charge on any atom is 0.157 e. The van der Waals surface area contributed by atoms with Crippen LogP contribution in [0.5, 0.6) is 0 Å². The molecular weight excluding hydrogens is 240 g/mol. The summed E-state index contributed by atoms with van der Waals surface area (Å²) in [6.45, 7) is 3.30. The molecule has 0 spiro atoms. The van der Waals surface area contributed by atoms with Gasteiger partial charge in [-0.2, -0.15) is 0 Å². The second kappa shape index (κ2) is 4.96. The molecule has 2 aliphatic rings. The third-order valence-corrected chi connectivity index (χ3v) is 5.17. The van der Waals surface area contributed by atoms with Crippen LogP contribution in [0.4, 0.5) is 0 Å².